The average Bonchev–Trinajstić information content (AvgIpc) is 3.16. The first-order valence-corrected chi connectivity index (χ1v) is 9.99. The molecule has 0 unspecified atom stereocenters. The number of halogens is 1. The van der Waals surface area contributed by atoms with E-state index >= 15 is 0 Å². The molecule has 0 amide bonds. The molecule has 0 aliphatic carbocycles. The fourth-order valence-corrected chi connectivity index (χ4v) is 4.39. The number of ether oxygens (including phenoxy) is 1. The molecule has 9 heteroatoms. The molecule has 7 nitrogen and oxygen atoms in total. The Labute approximate surface area is 160 Å². The fourth-order valence-electron chi connectivity index (χ4n) is 2.44. The lowest BCUT2D eigenvalue weighted by Crippen LogP contribution is -2.26. The minimum absolute atomic E-state index is 0.163. The summed E-state index contributed by atoms with van der Waals surface area (Å²) in [5.41, 5.74) is 1.69. The standard InChI is InChI=1S/C17H17BrN4O3S/c1-12(13-3-5-14(6-4-13)22-11-19-10-20-22)21-26(23,24)15-7-8-17(25-2)16(18)9-15/h3-12,21H,1-2H3/t12-/m0/s1. The van der Waals surface area contributed by atoms with Gasteiger partial charge >= 0.3 is 0 Å². The van der Waals surface area contributed by atoms with E-state index in [1.165, 1.54) is 25.6 Å². The van der Waals surface area contributed by atoms with Gasteiger partial charge in [-0.25, -0.2) is 22.8 Å². The van der Waals surface area contributed by atoms with Crippen LogP contribution >= 0.6 is 15.9 Å². The number of benzene rings is 2. The van der Waals surface area contributed by atoms with Gasteiger partial charge in [0.25, 0.3) is 0 Å². The Kier molecular flexibility index (Phi) is 5.40. The molecule has 0 radical (unpaired) electrons. The molecular weight excluding hydrogens is 420 g/mol. The Bertz CT molecular complexity index is 989. The van der Waals surface area contributed by atoms with E-state index in [9.17, 15) is 8.42 Å². The number of hydrogen-bond donors (Lipinski definition) is 1. The predicted molar refractivity (Wildman–Crippen MR) is 101 cm³/mol. The summed E-state index contributed by atoms with van der Waals surface area (Å²) in [7, 11) is -2.15. The van der Waals surface area contributed by atoms with Crippen LogP contribution in [0.3, 0.4) is 0 Å². The molecule has 0 spiro atoms. The van der Waals surface area contributed by atoms with E-state index in [2.05, 4.69) is 30.7 Å². The van der Waals surface area contributed by atoms with Crippen LogP contribution in [0.25, 0.3) is 5.69 Å². The van der Waals surface area contributed by atoms with Crippen molar-refractivity contribution in [1.29, 1.82) is 0 Å². The molecule has 3 aromatic rings. The van der Waals surface area contributed by atoms with E-state index in [0.717, 1.165) is 11.3 Å². The first kappa shape index (κ1) is 18.6. The predicted octanol–water partition coefficient (Wildman–Crippen LogP) is 3.08. The molecule has 2 aromatic carbocycles. The van der Waals surface area contributed by atoms with Gasteiger partial charge in [-0.3, -0.25) is 0 Å². The van der Waals surface area contributed by atoms with Crippen LogP contribution in [-0.2, 0) is 10.0 Å². The summed E-state index contributed by atoms with van der Waals surface area (Å²) in [6.07, 6.45) is 3.06. The lowest BCUT2D eigenvalue weighted by molar-refractivity contribution is 0.411. The third-order valence-corrected chi connectivity index (χ3v) is 6.00. The smallest absolute Gasteiger partial charge is 0.241 e. The van der Waals surface area contributed by atoms with Crippen LogP contribution < -0.4 is 9.46 Å². The summed E-state index contributed by atoms with van der Waals surface area (Å²) in [5, 5.41) is 4.06. The summed E-state index contributed by atoms with van der Waals surface area (Å²) >= 11 is 3.31. The summed E-state index contributed by atoms with van der Waals surface area (Å²) < 4.78 is 35.3. The first-order valence-electron chi connectivity index (χ1n) is 7.71. The fraction of sp³-hybridized carbons (Fsp3) is 0.176. The number of nitrogens with one attached hydrogen (secondary N) is 1. The summed E-state index contributed by atoms with van der Waals surface area (Å²) in [4.78, 5) is 4.07. The Morgan fingerprint density at radius 3 is 2.50 bits per heavy atom. The summed E-state index contributed by atoms with van der Waals surface area (Å²) in [5.74, 6) is 0.570. The maximum atomic E-state index is 12.6. The van der Waals surface area contributed by atoms with Crippen LogP contribution in [0.4, 0.5) is 0 Å². The Morgan fingerprint density at radius 1 is 1.19 bits per heavy atom. The summed E-state index contributed by atoms with van der Waals surface area (Å²) in [6.45, 7) is 1.79. The largest absolute Gasteiger partial charge is 0.496 e. The highest BCUT2D eigenvalue weighted by molar-refractivity contribution is 9.10. The van der Waals surface area contributed by atoms with Crippen molar-refractivity contribution in [2.45, 2.75) is 17.9 Å². The van der Waals surface area contributed by atoms with Gasteiger partial charge in [0, 0.05) is 6.04 Å². The van der Waals surface area contributed by atoms with Crippen molar-refractivity contribution in [3.05, 3.63) is 65.2 Å². The van der Waals surface area contributed by atoms with Gasteiger partial charge in [-0.1, -0.05) is 12.1 Å². The zero-order chi connectivity index (χ0) is 18.7. The first-order chi connectivity index (χ1) is 12.4. The zero-order valence-electron chi connectivity index (χ0n) is 14.1. The minimum Gasteiger partial charge on any atom is -0.496 e. The summed E-state index contributed by atoms with van der Waals surface area (Å²) in [6, 6.07) is 11.7. The molecule has 0 aliphatic heterocycles. The highest BCUT2D eigenvalue weighted by atomic mass is 79.9. The lowest BCUT2D eigenvalue weighted by Gasteiger charge is -2.16. The van der Waals surface area contributed by atoms with Crippen molar-refractivity contribution >= 4 is 26.0 Å². The van der Waals surface area contributed by atoms with E-state index in [1.54, 1.807) is 24.0 Å². The second kappa shape index (κ2) is 7.56. The van der Waals surface area contributed by atoms with Crippen molar-refractivity contribution in [3.63, 3.8) is 0 Å². The van der Waals surface area contributed by atoms with Crippen LogP contribution in [0.1, 0.15) is 18.5 Å². The number of hydrogen-bond acceptors (Lipinski definition) is 5. The Hall–Kier alpha value is -2.23. The van der Waals surface area contributed by atoms with Crippen LogP contribution in [0.2, 0.25) is 0 Å². The third-order valence-electron chi connectivity index (χ3n) is 3.84. The lowest BCUT2D eigenvalue weighted by atomic mass is 10.1. The molecule has 0 fully saturated rings. The molecule has 136 valence electrons. The zero-order valence-corrected chi connectivity index (χ0v) is 16.5. The van der Waals surface area contributed by atoms with Gasteiger partial charge in [0.1, 0.15) is 18.4 Å². The third kappa shape index (κ3) is 3.95. The number of sulfonamides is 1. The van der Waals surface area contributed by atoms with Crippen LogP contribution in [-0.4, -0.2) is 30.3 Å². The van der Waals surface area contributed by atoms with Crippen LogP contribution in [0.15, 0.2) is 64.5 Å². The normalized spacial score (nSPS) is 12.7. The molecule has 1 atom stereocenters. The quantitative estimate of drug-likeness (QED) is 0.641. The number of aromatic nitrogens is 3. The molecule has 3 rings (SSSR count). The van der Waals surface area contributed by atoms with Crippen molar-refractivity contribution in [2.24, 2.45) is 0 Å². The van der Waals surface area contributed by atoms with Crippen LogP contribution in [0, 0.1) is 0 Å². The van der Waals surface area contributed by atoms with Gasteiger partial charge in [0.15, 0.2) is 0 Å². The average molecular weight is 437 g/mol. The topological polar surface area (TPSA) is 86.1 Å². The van der Waals surface area contributed by atoms with Crippen molar-refractivity contribution in [2.75, 3.05) is 7.11 Å². The van der Waals surface area contributed by atoms with Crippen molar-refractivity contribution in [1.82, 2.24) is 19.5 Å². The van der Waals surface area contributed by atoms with Gasteiger partial charge in [0.2, 0.25) is 10.0 Å². The maximum absolute atomic E-state index is 12.6. The minimum atomic E-state index is -3.67. The molecule has 1 heterocycles. The Balaban J connectivity index is 1.78. The second-order valence-corrected chi connectivity index (χ2v) is 8.14. The van der Waals surface area contributed by atoms with E-state index in [4.69, 9.17) is 4.74 Å². The van der Waals surface area contributed by atoms with E-state index in [-0.39, 0.29) is 4.90 Å². The molecule has 0 saturated carbocycles. The highest BCUT2D eigenvalue weighted by Gasteiger charge is 2.19. The number of nitrogens with zero attached hydrogens (tertiary/aromatic N) is 3. The van der Waals surface area contributed by atoms with E-state index < -0.39 is 16.1 Å². The van der Waals surface area contributed by atoms with Gasteiger partial charge in [-0.05, 0) is 58.7 Å². The second-order valence-electron chi connectivity index (χ2n) is 5.57. The molecular formula is C17H17BrN4O3S. The molecule has 0 saturated heterocycles. The van der Waals surface area contributed by atoms with Gasteiger partial charge in [-0.15, -0.1) is 0 Å². The molecule has 1 N–H and O–H groups in total. The monoisotopic (exact) mass is 436 g/mol. The maximum Gasteiger partial charge on any atom is 0.241 e. The van der Waals surface area contributed by atoms with Gasteiger partial charge in [0.05, 0.1) is 22.2 Å². The van der Waals surface area contributed by atoms with E-state index in [0.29, 0.717) is 10.2 Å². The van der Waals surface area contributed by atoms with Gasteiger partial charge in [-0.2, -0.15) is 5.10 Å². The molecule has 0 aliphatic rings. The van der Waals surface area contributed by atoms with E-state index in [1.807, 2.05) is 24.3 Å². The van der Waals surface area contributed by atoms with Crippen molar-refractivity contribution in [3.8, 4) is 11.4 Å². The number of methoxy groups -OCH3 is 1. The molecule has 26 heavy (non-hydrogen) atoms. The molecule has 0 bridgehead atoms. The number of rotatable bonds is 6. The Morgan fingerprint density at radius 2 is 1.92 bits per heavy atom. The SMILES string of the molecule is COc1ccc(S(=O)(=O)N[C@@H](C)c2ccc(-n3cncn3)cc2)cc1Br. The van der Waals surface area contributed by atoms with Gasteiger partial charge < -0.3 is 4.74 Å². The highest BCUT2D eigenvalue weighted by Crippen LogP contribution is 2.28. The molecule has 1 aromatic heterocycles. The van der Waals surface area contributed by atoms with Crippen LogP contribution in [0.5, 0.6) is 5.75 Å². The van der Waals surface area contributed by atoms with Crippen molar-refractivity contribution < 1.29 is 13.2 Å².